The molecule has 0 amide bonds. The number of benzene rings is 2. The highest BCUT2D eigenvalue weighted by atomic mass is 19.1. The molecule has 1 atom stereocenters. The van der Waals surface area contributed by atoms with Crippen molar-refractivity contribution in [1.82, 2.24) is 0 Å². The van der Waals surface area contributed by atoms with Crippen molar-refractivity contribution in [1.29, 1.82) is 0 Å². The first-order valence-electron chi connectivity index (χ1n) is 7.14. The third-order valence-corrected chi connectivity index (χ3v) is 3.55. The maximum Gasteiger partial charge on any atom is 0.303 e. The molecule has 4 heteroatoms. The molecule has 1 unspecified atom stereocenters. The highest BCUT2D eigenvalue weighted by Crippen LogP contribution is 2.27. The first-order chi connectivity index (χ1) is 10.5. The van der Waals surface area contributed by atoms with E-state index in [0.29, 0.717) is 17.7 Å². The van der Waals surface area contributed by atoms with Gasteiger partial charge >= 0.3 is 5.97 Å². The van der Waals surface area contributed by atoms with Gasteiger partial charge in [0.05, 0.1) is 7.11 Å². The lowest BCUT2D eigenvalue weighted by molar-refractivity contribution is -0.137. The van der Waals surface area contributed by atoms with Crippen LogP contribution in [0.3, 0.4) is 0 Å². The van der Waals surface area contributed by atoms with Gasteiger partial charge < -0.3 is 9.84 Å². The monoisotopic (exact) mass is 302 g/mol. The highest BCUT2D eigenvalue weighted by molar-refractivity contribution is 5.67. The average Bonchev–Trinajstić information content (AvgIpc) is 2.47. The number of carbonyl (C=O) groups is 1. The summed E-state index contributed by atoms with van der Waals surface area (Å²) in [6, 6.07) is 12.3. The van der Waals surface area contributed by atoms with E-state index in [1.54, 1.807) is 12.1 Å². The van der Waals surface area contributed by atoms with E-state index in [2.05, 4.69) is 0 Å². The fourth-order valence-electron chi connectivity index (χ4n) is 2.45. The molecule has 0 spiro atoms. The average molecular weight is 302 g/mol. The maximum absolute atomic E-state index is 14.0. The Bertz CT molecular complexity index is 650. The highest BCUT2D eigenvalue weighted by Gasteiger charge is 2.10. The van der Waals surface area contributed by atoms with Crippen molar-refractivity contribution in [3.05, 3.63) is 53.8 Å². The Labute approximate surface area is 129 Å². The molecule has 0 aromatic heterocycles. The number of halogens is 1. The summed E-state index contributed by atoms with van der Waals surface area (Å²) in [5.74, 6) is -0.558. The molecule has 3 nitrogen and oxygen atoms in total. The van der Waals surface area contributed by atoms with Crippen LogP contribution in [0, 0.1) is 11.7 Å². The number of methoxy groups -OCH3 is 1. The Morgan fingerprint density at radius 3 is 2.45 bits per heavy atom. The summed E-state index contributed by atoms with van der Waals surface area (Å²) >= 11 is 0. The maximum atomic E-state index is 14.0. The molecule has 0 saturated heterocycles. The molecular formula is C18H19FO3. The van der Waals surface area contributed by atoms with Crippen LogP contribution >= 0.6 is 0 Å². The van der Waals surface area contributed by atoms with E-state index < -0.39 is 5.97 Å². The lowest BCUT2D eigenvalue weighted by Crippen LogP contribution is -2.06. The van der Waals surface area contributed by atoms with Crippen molar-refractivity contribution in [3.8, 4) is 16.9 Å². The van der Waals surface area contributed by atoms with Gasteiger partial charge in [-0.3, -0.25) is 4.79 Å². The minimum Gasteiger partial charge on any atom is -0.497 e. The number of ether oxygens (including phenoxy) is 1. The van der Waals surface area contributed by atoms with Gasteiger partial charge in [-0.15, -0.1) is 0 Å². The third-order valence-electron chi connectivity index (χ3n) is 3.55. The first-order valence-corrected chi connectivity index (χ1v) is 7.14. The molecule has 0 aliphatic rings. The molecular weight excluding hydrogens is 283 g/mol. The number of aliphatic carboxylic acids is 1. The molecule has 2 aromatic carbocycles. The normalized spacial score (nSPS) is 12.0. The van der Waals surface area contributed by atoms with Gasteiger partial charge in [0.1, 0.15) is 11.6 Å². The van der Waals surface area contributed by atoms with Crippen molar-refractivity contribution in [2.45, 2.75) is 19.8 Å². The lowest BCUT2D eigenvalue weighted by atomic mass is 9.96. The van der Waals surface area contributed by atoms with Gasteiger partial charge in [0.25, 0.3) is 0 Å². The van der Waals surface area contributed by atoms with E-state index in [1.807, 2.05) is 31.2 Å². The van der Waals surface area contributed by atoms with Crippen LogP contribution in [0.2, 0.25) is 0 Å². The number of hydrogen-bond donors (Lipinski definition) is 1. The van der Waals surface area contributed by atoms with Gasteiger partial charge in [-0.2, -0.15) is 0 Å². The molecule has 0 aliphatic heterocycles. The largest absolute Gasteiger partial charge is 0.497 e. The van der Waals surface area contributed by atoms with Crippen LogP contribution in [0.25, 0.3) is 11.1 Å². The van der Waals surface area contributed by atoms with Crippen molar-refractivity contribution in [2.75, 3.05) is 7.11 Å². The zero-order valence-corrected chi connectivity index (χ0v) is 12.7. The first kappa shape index (κ1) is 16.0. The summed E-state index contributed by atoms with van der Waals surface area (Å²) in [5, 5.41) is 8.78. The molecule has 116 valence electrons. The van der Waals surface area contributed by atoms with E-state index in [0.717, 1.165) is 11.1 Å². The minimum atomic E-state index is -0.788. The summed E-state index contributed by atoms with van der Waals surface area (Å²) in [6.45, 7) is 1.91. The lowest BCUT2D eigenvalue weighted by Gasteiger charge is -2.10. The molecule has 0 bridgehead atoms. The Hall–Kier alpha value is -2.36. The number of hydrogen-bond acceptors (Lipinski definition) is 2. The van der Waals surface area contributed by atoms with Crippen LogP contribution in [0.1, 0.15) is 18.9 Å². The topological polar surface area (TPSA) is 46.5 Å². The Morgan fingerprint density at radius 1 is 1.23 bits per heavy atom. The van der Waals surface area contributed by atoms with Crippen LogP contribution in [0.15, 0.2) is 42.5 Å². The summed E-state index contributed by atoms with van der Waals surface area (Å²) in [4.78, 5) is 10.7. The predicted octanol–water partition coefficient (Wildman–Crippen LogP) is 4.15. The fourth-order valence-corrected chi connectivity index (χ4v) is 2.45. The van der Waals surface area contributed by atoms with Crippen LogP contribution in [-0.2, 0) is 11.2 Å². The molecule has 0 saturated carbocycles. The second-order valence-corrected chi connectivity index (χ2v) is 5.45. The van der Waals surface area contributed by atoms with Crippen molar-refractivity contribution >= 4 is 5.97 Å². The van der Waals surface area contributed by atoms with E-state index in [1.165, 1.54) is 13.2 Å². The molecule has 0 radical (unpaired) electrons. The molecule has 0 heterocycles. The third kappa shape index (κ3) is 4.07. The van der Waals surface area contributed by atoms with E-state index in [9.17, 15) is 9.18 Å². The van der Waals surface area contributed by atoms with Gasteiger partial charge in [-0.25, -0.2) is 4.39 Å². The van der Waals surface area contributed by atoms with Crippen LogP contribution in [0.5, 0.6) is 5.75 Å². The van der Waals surface area contributed by atoms with Crippen molar-refractivity contribution in [2.24, 2.45) is 5.92 Å². The minimum absolute atomic E-state index is 0.0704. The zero-order valence-electron chi connectivity index (χ0n) is 12.7. The molecule has 1 N–H and O–H groups in total. The quantitative estimate of drug-likeness (QED) is 0.871. The Kier molecular flexibility index (Phi) is 5.15. The number of carboxylic acids is 1. The summed E-state index contributed by atoms with van der Waals surface area (Å²) in [6.07, 6.45) is 0.840. The number of carboxylic acid groups (broad SMARTS) is 1. The van der Waals surface area contributed by atoms with Gasteiger partial charge in [0, 0.05) is 18.1 Å². The summed E-state index contributed by atoms with van der Waals surface area (Å²) in [7, 11) is 1.50. The summed E-state index contributed by atoms with van der Waals surface area (Å²) < 4.78 is 19.0. The second kappa shape index (κ2) is 7.07. The standard InChI is InChI=1S/C18H19FO3/c1-12(10-18(20)21)9-13-3-5-14(6-4-13)16-8-7-15(22-2)11-17(16)19/h3-8,11-12H,9-10H2,1-2H3,(H,20,21). The number of rotatable bonds is 6. The molecule has 0 aliphatic carbocycles. The van der Waals surface area contributed by atoms with E-state index >= 15 is 0 Å². The molecule has 0 fully saturated rings. The Morgan fingerprint density at radius 2 is 1.91 bits per heavy atom. The molecule has 22 heavy (non-hydrogen) atoms. The van der Waals surface area contributed by atoms with Crippen molar-refractivity contribution < 1.29 is 19.0 Å². The SMILES string of the molecule is COc1ccc(-c2ccc(CC(C)CC(=O)O)cc2)c(F)c1. The molecule has 2 rings (SSSR count). The Balaban J connectivity index is 2.13. The van der Waals surface area contributed by atoms with Gasteiger partial charge in [-0.05, 0) is 35.6 Å². The fraction of sp³-hybridized carbons (Fsp3) is 0.278. The van der Waals surface area contributed by atoms with E-state index in [-0.39, 0.29) is 18.2 Å². The smallest absolute Gasteiger partial charge is 0.303 e. The van der Waals surface area contributed by atoms with Gasteiger partial charge in [-0.1, -0.05) is 31.2 Å². The summed E-state index contributed by atoms with van der Waals surface area (Å²) in [5.41, 5.74) is 2.35. The second-order valence-electron chi connectivity index (χ2n) is 5.45. The van der Waals surface area contributed by atoms with Gasteiger partial charge in [0.2, 0.25) is 0 Å². The van der Waals surface area contributed by atoms with Crippen LogP contribution < -0.4 is 4.74 Å². The predicted molar refractivity (Wildman–Crippen MR) is 83.5 cm³/mol. The zero-order chi connectivity index (χ0) is 16.1. The molecule has 2 aromatic rings. The van der Waals surface area contributed by atoms with Gasteiger partial charge in [0.15, 0.2) is 0 Å². The van der Waals surface area contributed by atoms with Crippen LogP contribution in [-0.4, -0.2) is 18.2 Å². The van der Waals surface area contributed by atoms with Crippen molar-refractivity contribution in [3.63, 3.8) is 0 Å². The van der Waals surface area contributed by atoms with E-state index in [4.69, 9.17) is 9.84 Å². The van der Waals surface area contributed by atoms with Crippen LogP contribution in [0.4, 0.5) is 4.39 Å².